The average molecular weight is 220 g/mol. The molecule has 0 aliphatic carbocycles. The lowest BCUT2D eigenvalue weighted by molar-refractivity contribution is -0.141. The number of benzene rings is 1. The number of halogens is 3. The molecule has 0 atom stereocenters. The largest absolute Gasteiger partial charge is 0.484 e. The summed E-state index contributed by atoms with van der Waals surface area (Å²) in [5, 5.41) is 3.12. The Morgan fingerprint density at radius 1 is 1.14 bits per heavy atom. The zero-order valence-corrected chi connectivity index (χ0v) is 7.75. The molecule has 14 heavy (non-hydrogen) atoms. The third-order valence-electron chi connectivity index (χ3n) is 1.29. The minimum Gasteiger partial charge on any atom is -0.333 e. The van der Waals surface area contributed by atoms with Crippen LogP contribution in [-0.2, 0) is 0 Å². The van der Waals surface area contributed by atoms with E-state index in [1.165, 1.54) is 5.32 Å². The van der Waals surface area contributed by atoms with E-state index in [1.54, 1.807) is 30.3 Å². The molecule has 2 nitrogen and oxygen atoms in total. The van der Waals surface area contributed by atoms with Crippen LogP contribution >= 0.6 is 12.2 Å². The molecule has 0 amide bonds. The molecule has 0 bridgehead atoms. The summed E-state index contributed by atoms with van der Waals surface area (Å²) in [6, 6.07) is 8.37. The van der Waals surface area contributed by atoms with E-state index < -0.39 is 11.4 Å². The van der Waals surface area contributed by atoms with Crippen molar-refractivity contribution in [1.29, 1.82) is 0 Å². The van der Waals surface area contributed by atoms with E-state index in [2.05, 4.69) is 17.5 Å². The van der Waals surface area contributed by atoms with Gasteiger partial charge in [-0.15, -0.1) is 0 Å². The zero-order valence-electron chi connectivity index (χ0n) is 6.93. The van der Waals surface area contributed by atoms with Crippen molar-refractivity contribution in [2.24, 2.45) is 0 Å². The predicted molar refractivity (Wildman–Crippen MR) is 51.9 cm³/mol. The van der Waals surface area contributed by atoms with Gasteiger partial charge in [0.2, 0.25) is 0 Å². The van der Waals surface area contributed by atoms with Gasteiger partial charge in [-0.2, -0.15) is 13.2 Å². The van der Waals surface area contributed by atoms with Crippen LogP contribution < -0.4 is 10.6 Å². The normalized spacial score (nSPS) is 10.8. The van der Waals surface area contributed by atoms with Crippen molar-refractivity contribution in [1.82, 2.24) is 5.32 Å². The van der Waals surface area contributed by atoms with Crippen molar-refractivity contribution in [2.45, 2.75) is 6.30 Å². The van der Waals surface area contributed by atoms with Gasteiger partial charge in [-0.05, 0) is 24.4 Å². The van der Waals surface area contributed by atoms with E-state index in [0.717, 1.165) is 0 Å². The van der Waals surface area contributed by atoms with E-state index in [-0.39, 0.29) is 0 Å². The first kappa shape index (κ1) is 10.8. The Kier molecular flexibility index (Phi) is 3.29. The van der Waals surface area contributed by atoms with Gasteiger partial charge in [0.05, 0.1) is 0 Å². The fourth-order valence-electron chi connectivity index (χ4n) is 0.813. The van der Waals surface area contributed by atoms with Gasteiger partial charge >= 0.3 is 6.30 Å². The molecular weight excluding hydrogens is 213 g/mol. The number of hydrogen-bond donors (Lipinski definition) is 2. The summed E-state index contributed by atoms with van der Waals surface area (Å²) >= 11 is 4.44. The maximum absolute atomic E-state index is 11.8. The highest BCUT2D eigenvalue weighted by atomic mass is 32.1. The highest BCUT2D eigenvalue weighted by Crippen LogP contribution is 2.11. The molecule has 76 valence electrons. The fourth-order valence-corrected chi connectivity index (χ4v) is 1.05. The van der Waals surface area contributed by atoms with Crippen LogP contribution in [0.5, 0.6) is 0 Å². The number of hydrogen-bond acceptors (Lipinski definition) is 1. The van der Waals surface area contributed by atoms with E-state index >= 15 is 0 Å². The lowest BCUT2D eigenvalue weighted by Gasteiger charge is -2.12. The standard InChI is InChI=1S/C8H7F3N2S/c9-8(10,11)13-7(14)12-6-4-2-1-3-5-6/h1-5H,(H2,12,13,14). The molecule has 0 spiro atoms. The molecule has 0 aliphatic rings. The SMILES string of the molecule is FC(F)(F)NC(=S)Nc1ccccc1. The van der Waals surface area contributed by atoms with Crippen molar-refractivity contribution in [3.63, 3.8) is 0 Å². The number of thiocarbonyl (C=S) groups is 1. The summed E-state index contributed by atoms with van der Waals surface area (Å²) in [5.74, 6) is 0. The second-order valence-electron chi connectivity index (χ2n) is 2.44. The van der Waals surface area contributed by atoms with Gasteiger partial charge in [0.25, 0.3) is 0 Å². The lowest BCUT2D eigenvalue weighted by Crippen LogP contribution is -2.39. The summed E-state index contributed by atoms with van der Waals surface area (Å²) in [5.41, 5.74) is 0.509. The van der Waals surface area contributed by atoms with E-state index in [0.29, 0.717) is 5.69 Å². The molecular formula is C8H7F3N2S. The van der Waals surface area contributed by atoms with Crippen LogP contribution in [0.1, 0.15) is 0 Å². The Bertz CT molecular complexity index is 310. The summed E-state index contributed by atoms with van der Waals surface area (Å²) in [4.78, 5) is 0. The molecule has 1 aromatic rings. The van der Waals surface area contributed by atoms with Crippen molar-refractivity contribution in [3.05, 3.63) is 30.3 Å². The molecule has 0 heterocycles. The second-order valence-corrected chi connectivity index (χ2v) is 2.85. The van der Waals surface area contributed by atoms with Gasteiger partial charge in [0.1, 0.15) is 0 Å². The minimum atomic E-state index is -4.50. The summed E-state index contributed by atoms with van der Waals surface area (Å²) < 4.78 is 35.3. The summed E-state index contributed by atoms with van der Waals surface area (Å²) in [6.45, 7) is 0. The molecule has 0 saturated carbocycles. The van der Waals surface area contributed by atoms with Gasteiger partial charge in [-0.3, -0.25) is 5.32 Å². The molecule has 0 unspecified atom stereocenters. The van der Waals surface area contributed by atoms with Crippen molar-refractivity contribution in [3.8, 4) is 0 Å². The van der Waals surface area contributed by atoms with Gasteiger partial charge in [-0.1, -0.05) is 18.2 Å². The summed E-state index contributed by atoms with van der Waals surface area (Å²) in [7, 11) is 0. The van der Waals surface area contributed by atoms with Crippen LogP contribution in [0, 0.1) is 0 Å². The van der Waals surface area contributed by atoms with Crippen LogP contribution in [0.25, 0.3) is 0 Å². The Hall–Kier alpha value is -1.30. The Morgan fingerprint density at radius 2 is 1.71 bits per heavy atom. The molecule has 1 aromatic carbocycles. The number of nitrogens with one attached hydrogen (secondary N) is 2. The maximum Gasteiger partial charge on any atom is 0.484 e. The molecule has 0 aromatic heterocycles. The molecule has 1 rings (SSSR count). The highest BCUT2D eigenvalue weighted by Gasteiger charge is 2.28. The van der Waals surface area contributed by atoms with Crippen molar-refractivity contribution < 1.29 is 13.2 Å². The van der Waals surface area contributed by atoms with Crippen LogP contribution in [0.2, 0.25) is 0 Å². The molecule has 0 radical (unpaired) electrons. The summed E-state index contributed by atoms with van der Waals surface area (Å²) in [6.07, 6.45) is -4.50. The Balaban J connectivity index is 2.50. The first-order valence-corrected chi connectivity index (χ1v) is 4.09. The fraction of sp³-hybridized carbons (Fsp3) is 0.125. The van der Waals surface area contributed by atoms with E-state index in [9.17, 15) is 13.2 Å². The quantitative estimate of drug-likeness (QED) is 0.561. The van der Waals surface area contributed by atoms with Crippen LogP contribution in [0.3, 0.4) is 0 Å². The van der Waals surface area contributed by atoms with E-state index in [4.69, 9.17) is 0 Å². The van der Waals surface area contributed by atoms with Crippen LogP contribution in [0.15, 0.2) is 30.3 Å². The first-order valence-electron chi connectivity index (χ1n) is 3.68. The third-order valence-corrected chi connectivity index (χ3v) is 1.49. The number of rotatable bonds is 1. The maximum atomic E-state index is 11.8. The number of para-hydroxylation sites is 1. The van der Waals surface area contributed by atoms with Crippen molar-refractivity contribution in [2.75, 3.05) is 5.32 Å². The molecule has 0 aliphatic heterocycles. The zero-order chi connectivity index (χ0) is 10.6. The first-order chi connectivity index (χ1) is 6.47. The number of anilines is 1. The van der Waals surface area contributed by atoms with Gasteiger partial charge in [0.15, 0.2) is 5.11 Å². The number of alkyl halides is 3. The molecule has 0 fully saturated rings. The van der Waals surface area contributed by atoms with Gasteiger partial charge in [-0.25, -0.2) is 0 Å². The third kappa shape index (κ3) is 4.08. The predicted octanol–water partition coefficient (Wildman–Crippen LogP) is 2.49. The monoisotopic (exact) mass is 220 g/mol. The molecule has 6 heteroatoms. The van der Waals surface area contributed by atoms with Crippen LogP contribution in [0.4, 0.5) is 18.9 Å². The van der Waals surface area contributed by atoms with Crippen molar-refractivity contribution >= 4 is 23.0 Å². The smallest absolute Gasteiger partial charge is 0.333 e. The lowest BCUT2D eigenvalue weighted by atomic mass is 10.3. The van der Waals surface area contributed by atoms with E-state index in [1.807, 2.05) is 0 Å². The highest BCUT2D eigenvalue weighted by molar-refractivity contribution is 7.80. The van der Waals surface area contributed by atoms with Gasteiger partial charge in [0, 0.05) is 5.69 Å². The average Bonchev–Trinajstić information content (AvgIpc) is 2.02. The topological polar surface area (TPSA) is 24.1 Å². The minimum absolute atomic E-state index is 0.469. The second kappa shape index (κ2) is 4.28. The molecule has 2 N–H and O–H groups in total. The molecule has 0 saturated heterocycles. The van der Waals surface area contributed by atoms with Gasteiger partial charge < -0.3 is 5.32 Å². The Labute approximate surface area is 84.1 Å². The Morgan fingerprint density at radius 3 is 2.21 bits per heavy atom. The van der Waals surface area contributed by atoms with Crippen LogP contribution in [-0.4, -0.2) is 11.4 Å².